The fraction of sp³-hybridized carbons (Fsp3) is 0.500. The Morgan fingerprint density at radius 3 is 2.60 bits per heavy atom. The number of nitrogens with two attached hydrogens (primary N) is 1. The minimum absolute atomic E-state index is 0.00705. The molecule has 7 heteroatoms. The van der Waals surface area contributed by atoms with Gasteiger partial charge in [0.25, 0.3) is 5.91 Å². The van der Waals surface area contributed by atoms with Crippen molar-refractivity contribution < 1.29 is 24.2 Å². The molecule has 3 N–H and O–H groups in total. The molecule has 136 valence electrons. The Balaban J connectivity index is 2.10. The Morgan fingerprint density at radius 1 is 1.36 bits per heavy atom. The van der Waals surface area contributed by atoms with Gasteiger partial charge in [-0.1, -0.05) is 12.1 Å². The molecule has 0 fully saturated rings. The van der Waals surface area contributed by atoms with Crippen LogP contribution >= 0.6 is 0 Å². The Labute approximate surface area is 146 Å². The van der Waals surface area contributed by atoms with Crippen LogP contribution in [0.1, 0.15) is 55.1 Å². The number of esters is 1. The van der Waals surface area contributed by atoms with Crippen LogP contribution in [0.3, 0.4) is 0 Å². The van der Waals surface area contributed by atoms with E-state index in [1.165, 1.54) is 4.90 Å². The van der Waals surface area contributed by atoms with E-state index in [0.717, 1.165) is 5.56 Å². The lowest BCUT2D eigenvalue weighted by molar-refractivity contribution is -0.155. The van der Waals surface area contributed by atoms with Gasteiger partial charge >= 0.3 is 5.97 Å². The number of carbonyl (C=O) groups excluding carboxylic acids is 3. The largest absolute Gasteiger partial charge is 0.460 e. The van der Waals surface area contributed by atoms with Crippen molar-refractivity contribution in [3.05, 3.63) is 34.9 Å². The number of nitrogens with zero attached hydrogens (tertiary/aromatic N) is 1. The number of carbonyl (C=O) groups is 3. The van der Waals surface area contributed by atoms with Crippen LogP contribution in [0, 0.1) is 0 Å². The number of primary amides is 1. The molecular weight excluding hydrogens is 324 g/mol. The van der Waals surface area contributed by atoms with Crippen molar-refractivity contribution in [2.24, 2.45) is 5.73 Å². The van der Waals surface area contributed by atoms with Gasteiger partial charge < -0.3 is 20.5 Å². The number of aliphatic hydroxyl groups excluding tert-OH is 1. The highest BCUT2D eigenvalue weighted by atomic mass is 16.6. The number of fused-ring (bicyclic) bond motifs is 1. The second-order valence-electron chi connectivity index (χ2n) is 7.13. The van der Waals surface area contributed by atoms with E-state index in [-0.39, 0.29) is 31.9 Å². The fourth-order valence-electron chi connectivity index (χ4n) is 2.85. The van der Waals surface area contributed by atoms with Crippen LogP contribution < -0.4 is 5.73 Å². The number of rotatable bonds is 6. The number of ether oxygens (including phenoxy) is 1. The third-order valence-electron chi connectivity index (χ3n) is 3.93. The van der Waals surface area contributed by atoms with E-state index in [9.17, 15) is 19.5 Å². The first-order valence-corrected chi connectivity index (χ1v) is 8.17. The van der Waals surface area contributed by atoms with Crippen molar-refractivity contribution in [3.8, 4) is 0 Å². The lowest BCUT2D eigenvalue weighted by Gasteiger charge is -2.25. The van der Waals surface area contributed by atoms with Crippen LogP contribution in [-0.4, -0.2) is 39.4 Å². The summed E-state index contributed by atoms with van der Waals surface area (Å²) in [5.41, 5.74) is 6.76. The summed E-state index contributed by atoms with van der Waals surface area (Å²) in [6, 6.07) is 4.15. The molecule has 1 atom stereocenters. The molecule has 0 saturated heterocycles. The molecule has 1 aliphatic rings. The van der Waals surface area contributed by atoms with Crippen molar-refractivity contribution in [1.29, 1.82) is 0 Å². The van der Waals surface area contributed by atoms with Gasteiger partial charge in [-0.25, -0.2) is 0 Å². The summed E-state index contributed by atoms with van der Waals surface area (Å²) in [7, 11) is 0. The number of amides is 2. The molecule has 0 unspecified atom stereocenters. The van der Waals surface area contributed by atoms with Crippen LogP contribution in [0.4, 0.5) is 0 Å². The Morgan fingerprint density at radius 2 is 2.04 bits per heavy atom. The average molecular weight is 348 g/mol. The predicted octanol–water partition coefficient (Wildman–Crippen LogP) is 1.11. The second kappa shape index (κ2) is 7.23. The molecule has 0 saturated carbocycles. The van der Waals surface area contributed by atoms with Gasteiger partial charge in [-0.3, -0.25) is 14.4 Å². The van der Waals surface area contributed by atoms with Gasteiger partial charge in [-0.2, -0.15) is 0 Å². The van der Waals surface area contributed by atoms with Crippen LogP contribution in [0.5, 0.6) is 0 Å². The van der Waals surface area contributed by atoms with Crippen molar-refractivity contribution >= 4 is 17.8 Å². The smallest absolute Gasteiger partial charge is 0.306 e. The predicted molar refractivity (Wildman–Crippen MR) is 90.3 cm³/mol. The molecule has 25 heavy (non-hydrogen) atoms. The molecule has 0 aliphatic carbocycles. The summed E-state index contributed by atoms with van der Waals surface area (Å²) in [5, 5.41) is 9.21. The lowest BCUT2D eigenvalue weighted by Crippen LogP contribution is -2.45. The van der Waals surface area contributed by atoms with Crippen LogP contribution in [0.2, 0.25) is 0 Å². The summed E-state index contributed by atoms with van der Waals surface area (Å²) in [6.07, 6.45) is 0.101. The maximum atomic E-state index is 12.6. The molecule has 1 aromatic rings. The van der Waals surface area contributed by atoms with Crippen molar-refractivity contribution in [2.45, 2.75) is 58.4 Å². The zero-order valence-electron chi connectivity index (χ0n) is 14.7. The van der Waals surface area contributed by atoms with E-state index in [1.807, 2.05) is 0 Å². The van der Waals surface area contributed by atoms with E-state index >= 15 is 0 Å². The normalized spacial score (nSPS) is 15.0. The maximum absolute atomic E-state index is 12.6. The molecule has 7 nitrogen and oxygen atoms in total. The standard InChI is InChI=1S/C18H24N2O5/c1-18(2,3)25-15(22)7-6-14(16(19)23)20-9-12-8-11(10-21)4-5-13(12)17(20)24/h4-5,8,14,21H,6-7,9-10H2,1-3H3,(H2,19,23)/t14-/m0/s1. The van der Waals surface area contributed by atoms with Crippen LogP contribution in [-0.2, 0) is 27.5 Å². The Kier molecular flexibility index (Phi) is 5.47. The van der Waals surface area contributed by atoms with Crippen molar-refractivity contribution in [1.82, 2.24) is 4.90 Å². The molecule has 1 heterocycles. The summed E-state index contributed by atoms with van der Waals surface area (Å²) in [4.78, 5) is 37.6. The molecule has 2 rings (SSSR count). The quantitative estimate of drug-likeness (QED) is 0.748. The molecule has 0 radical (unpaired) electrons. The van der Waals surface area contributed by atoms with Gasteiger partial charge in [-0.15, -0.1) is 0 Å². The molecule has 1 aliphatic heterocycles. The fourth-order valence-corrected chi connectivity index (χ4v) is 2.85. The zero-order chi connectivity index (χ0) is 18.8. The van der Waals surface area contributed by atoms with Crippen LogP contribution in [0.25, 0.3) is 0 Å². The number of aliphatic hydroxyl groups is 1. The molecule has 2 amide bonds. The highest BCUT2D eigenvalue weighted by Crippen LogP contribution is 2.27. The molecule has 0 bridgehead atoms. The van der Waals surface area contributed by atoms with Gasteiger partial charge in [0.15, 0.2) is 0 Å². The van der Waals surface area contributed by atoms with Crippen molar-refractivity contribution in [3.63, 3.8) is 0 Å². The van der Waals surface area contributed by atoms with Gasteiger partial charge in [0, 0.05) is 18.5 Å². The van der Waals surface area contributed by atoms with Crippen LogP contribution in [0.15, 0.2) is 18.2 Å². The molecule has 1 aromatic carbocycles. The monoisotopic (exact) mass is 348 g/mol. The highest BCUT2D eigenvalue weighted by molar-refractivity contribution is 6.01. The first kappa shape index (κ1) is 18.9. The van der Waals surface area contributed by atoms with Gasteiger partial charge in [0.2, 0.25) is 5.91 Å². The first-order chi connectivity index (χ1) is 11.6. The molecular formula is C18H24N2O5. The number of hydrogen-bond donors (Lipinski definition) is 2. The Bertz CT molecular complexity index is 693. The molecule has 0 spiro atoms. The second-order valence-corrected chi connectivity index (χ2v) is 7.13. The SMILES string of the molecule is CC(C)(C)OC(=O)CC[C@@H](C(N)=O)N1Cc2cc(CO)ccc2C1=O. The maximum Gasteiger partial charge on any atom is 0.306 e. The summed E-state index contributed by atoms with van der Waals surface area (Å²) >= 11 is 0. The third-order valence-corrected chi connectivity index (χ3v) is 3.93. The lowest BCUT2D eigenvalue weighted by atomic mass is 10.1. The minimum atomic E-state index is -0.884. The number of hydrogen-bond acceptors (Lipinski definition) is 5. The summed E-state index contributed by atoms with van der Waals surface area (Å²) < 4.78 is 5.23. The number of benzene rings is 1. The van der Waals surface area contributed by atoms with Gasteiger partial charge in [-0.05, 0) is 44.4 Å². The van der Waals surface area contributed by atoms with E-state index in [2.05, 4.69) is 0 Å². The topological polar surface area (TPSA) is 110 Å². The van der Waals surface area contributed by atoms with E-state index in [0.29, 0.717) is 11.1 Å². The van der Waals surface area contributed by atoms with Crippen molar-refractivity contribution in [2.75, 3.05) is 0 Å². The van der Waals surface area contributed by atoms with E-state index in [1.54, 1.807) is 39.0 Å². The highest BCUT2D eigenvalue weighted by Gasteiger charge is 2.35. The summed E-state index contributed by atoms with van der Waals surface area (Å²) in [6.45, 7) is 5.38. The zero-order valence-corrected chi connectivity index (χ0v) is 14.7. The minimum Gasteiger partial charge on any atom is -0.460 e. The third kappa shape index (κ3) is 4.57. The van der Waals surface area contributed by atoms with Gasteiger partial charge in [0.1, 0.15) is 11.6 Å². The van der Waals surface area contributed by atoms with E-state index < -0.39 is 23.5 Å². The van der Waals surface area contributed by atoms with E-state index in [4.69, 9.17) is 10.5 Å². The molecule has 0 aromatic heterocycles. The van der Waals surface area contributed by atoms with Gasteiger partial charge in [0.05, 0.1) is 6.61 Å². The average Bonchev–Trinajstić information content (AvgIpc) is 2.81. The Hall–Kier alpha value is -2.41. The first-order valence-electron chi connectivity index (χ1n) is 8.17. The summed E-state index contributed by atoms with van der Waals surface area (Å²) in [5.74, 6) is -1.40.